The van der Waals surface area contributed by atoms with Gasteiger partial charge in [0.05, 0.1) is 20.2 Å². The molecule has 0 spiro atoms. The summed E-state index contributed by atoms with van der Waals surface area (Å²) in [7, 11) is 1.56. The lowest BCUT2D eigenvalue weighted by atomic mass is 10.2. The fraction of sp³-hybridized carbons (Fsp3) is 0.318. The molecule has 1 heterocycles. The molecular weight excluding hydrogens is 384 g/mol. The number of rotatable bonds is 7. The third-order valence-electron chi connectivity index (χ3n) is 4.90. The number of carbonyl (C=O) groups excluding carboxylic acids is 3. The molecule has 0 saturated carbocycles. The molecule has 0 atom stereocenters. The number of ether oxygens (including phenoxy) is 1. The van der Waals surface area contributed by atoms with Gasteiger partial charge < -0.3 is 20.3 Å². The minimum atomic E-state index is -0.303. The quantitative estimate of drug-likeness (QED) is 0.716. The molecule has 1 fully saturated rings. The number of nitrogens with zero attached hydrogens (tertiary/aromatic N) is 2. The van der Waals surface area contributed by atoms with Crippen molar-refractivity contribution in [3.63, 3.8) is 0 Å². The van der Waals surface area contributed by atoms with Crippen LogP contribution in [0.15, 0.2) is 54.6 Å². The van der Waals surface area contributed by atoms with Crippen molar-refractivity contribution < 1.29 is 19.1 Å². The lowest BCUT2D eigenvalue weighted by Crippen LogP contribution is -2.52. The fourth-order valence-electron chi connectivity index (χ4n) is 3.19. The van der Waals surface area contributed by atoms with Gasteiger partial charge in [-0.3, -0.25) is 19.3 Å². The minimum absolute atomic E-state index is 0.0562. The van der Waals surface area contributed by atoms with Gasteiger partial charge in [0.1, 0.15) is 5.75 Å². The highest BCUT2D eigenvalue weighted by Gasteiger charge is 2.22. The highest BCUT2D eigenvalue weighted by Crippen LogP contribution is 2.11. The van der Waals surface area contributed by atoms with Crippen LogP contribution < -0.4 is 15.4 Å². The number of anilines is 1. The fourth-order valence-corrected chi connectivity index (χ4v) is 3.19. The largest absolute Gasteiger partial charge is 0.497 e. The first-order chi connectivity index (χ1) is 14.5. The Morgan fingerprint density at radius 2 is 1.60 bits per heavy atom. The van der Waals surface area contributed by atoms with E-state index in [1.54, 1.807) is 36.3 Å². The lowest BCUT2D eigenvalue weighted by Gasteiger charge is -2.34. The summed E-state index contributed by atoms with van der Waals surface area (Å²) >= 11 is 0. The Bertz CT molecular complexity index is 862. The average Bonchev–Trinajstić information content (AvgIpc) is 2.78. The van der Waals surface area contributed by atoms with Gasteiger partial charge in [-0.2, -0.15) is 0 Å². The van der Waals surface area contributed by atoms with E-state index in [1.807, 2.05) is 35.2 Å². The highest BCUT2D eigenvalue weighted by atomic mass is 16.5. The molecule has 2 aromatic rings. The smallest absolute Gasteiger partial charge is 0.251 e. The Morgan fingerprint density at radius 1 is 0.933 bits per heavy atom. The van der Waals surface area contributed by atoms with Gasteiger partial charge in [-0.15, -0.1) is 0 Å². The molecule has 0 unspecified atom stereocenters. The van der Waals surface area contributed by atoms with Gasteiger partial charge >= 0.3 is 0 Å². The van der Waals surface area contributed by atoms with Crippen LogP contribution in [-0.2, 0) is 9.59 Å². The van der Waals surface area contributed by atoms with E-state index in [0.29, 0.717) is 37.5 Å². The Morgan fingerprint density at radius 3 is 2.23 bits per heavy atom. The summed E-state index contributed by atoms with van der Waals surface area (Å²) in [6, 6.07) is 16.0. The van der Waals surface area contributed by atoms with Gasteiger partial charge in [0.15, 0.2) is 0 Å². The lowest BCUT2D eigenvalue weighted by molar-refractivity contribution is -0.132. The van der Waals surface area contributed by atoms with Crippen LogP contribution in [0.1, 0.15) is 10.4 Å². The highest BCUT2D eigenvalue weighted by molar-refractivity contribution is 5.96. The van der Waals surface area contributed by atoms with Crippen LogP contribution in [0, 0.1) is 0 Å². The molecule has 30 heavy (non-hydrogen) atoms. The molecule has 158 valence electrons. The minimum Gasteiger partial charge on any atom is -0.497 e. The first kappa shape index (κ1) is 21.3. The molecule has 8 heteroatoms. The molecule has 0 radical (unpaired) electrons. The summed E-state index contributed by atoms with van der Waals surface area (Å²) < 4.78 is 5.07. The first-order valence-corrected chi connectivity index (χ1v) is 9.82. The number of methoxy groups -OCH3 is 1. The summed E-state index contributed by atoms with van der Waals surface area (Å²) in [4.78, 5) is 40.5. The van der Waals surface area contributed by atoms with Gasteiger partial charge in [-0.25, -0.2) is 0 Å². The van der Waals surface area contributed by atoms with Crippen LogP contribution in [0.2, 0.25) is 0 Å². The summed E-state index contributed by atoms with van der Waals surface area (Å²) in [5.74, 6) is 0.151. The van der Waals surface area contributed by atoms with Gasteiger partial charge in [-0.1, -0.05) is 18.2 Å². The van der Waals surface area contributed by atoms with Crippen molar-refractivity contribution in [1.82, 2.24) is 15.1 Å². The normalized spacial score (nSPS) is 14.1. The van der Waals surface area contributed by atoms with Crippen molar-refractivity contribution in [3.05, 3.63) is 60.2 Å². The molecule has 8 nitrogen and oxygen atoms in total. The Labute approximate surface area is 175 Å². The molecule has 1 saturated heterocycles. The second-order valence-electron chi connectivity index (χ2n) is 6.98. The number of carbonyl (C=O) groups is 3. The van der Waals surface area contributed by atoms with Crippen molar-refractivity contribution in [2.45, 2.75) is 0 Å². The maximum atomic E-state index is 12.4. The van der Waals surface area contributed by atoms with Gasteiger partial charge in [0.2, 0.25) is 11.8 Å². The van der Waals surface area contributed by atoms with Gasteiger partial charge in [0, 0.05) is 37.4 Å². The van der Waals surface area contributed by atoms with E-state index >= 15 is 0 Å². The molecule has 0 bridgehead atoms. The average molecular weight is 410 g/mol. The number of piperazine rings is 1. The van der Waals surface area contributed by atoms with E-state index in [0.717, 1.165) is 5.69 Å². The van der Waals surface area contributed by atoms with Crippen LogP contribution in [0.3, 0.4) is 0 Å². The number of hydrogen-bond donors (Lipinski definition) is 2. The number of amides is 3. The zero-order chi connectivity index (χ0) is 21.3. The van der Waals surface area contributed by atoms with Crippen LogP contribution >= 0.6 is 0 Å². The van der Waals surface area contributed by atoms with E-state index < -0.39 is 0 Å². The van der Waals surface area contributed by atoms with Crippen molar-refractivity contribution in [3.8, 4) is 5.75 Å². The maximum absolute atomic E-state index is 12.4. The van der Waals surface area contributed by atoms with E-state index in [4.69, 9.17) is 4.74 Å². The predicted molar refractivity (Wildman–Crippen MR) is 113 cm³/mol. The zero-order valence-corrected chi connectivity index (χ0v) is 17.0. The summed E-state index contributed by atoms with van der Waals surface area (Å²) in [6.07, 6.45) is 0. The van der Waals surface area contributed by atoms with Gasteiger partial charge in [0.25, 0.3) is 5.91 Å². The van der Waals surface area contributed by atoms with Crippen LogP contribution in [0.5, 0.6) is 5.75 Å². The van der Waals surface area contributed by atoms with Crippen LogP contribution in [-0.4, -0.2) is 73.9 Å². The monoisotopic (exact) mass is 410 g/mol. The van der Waals surface area contributed by atoms with Crippen LogP contribution in [0.4, 0.5) is 5.69 Å². The van der Waals surface area contributed by atoms with Crippen molar-refractivity contribution in [2.75, 3.05) is 51.7 Å². The SMILES string of the molecule is COc1ccc(C(=O)NCC(=O)N2CCN(CC(=O)Nc3ccccc3)CC2)cc1. The molecule has 2 aromatic carbocycles. The Hall–Kier alpha value is -3.39. The number of para-hydroxylation sites is 1. The van der Waals surface area contributed by atoms with E-state index in [9.17, 15) is 14.4 Å². The Kier molecular flexibility index (Phi) is 7.40. The summed E-state index contributed by atoms with van der Waals surface area (Å²) in [6.45, 7) is 2.50. The van der Waals surface area contributed by atoms with E-state index in [1.165, 1.54) is 0 Å². The molecule has 3 amide bonds. The molecule has 2 N–H and O–H groups in total. The predicted octanol–water partition coefficient (Wildman–Crippen LogP) is 1.21. The molecular formula is C22H26N4O4. The van der Waals surface area contributed by atoms with E-state index in [-0.39, 0.29) is 30.8 Å². The van der Waals surface area contributed by atoms with Gasteiger partial charge in [-0.05, 0) is 36.4 Å². The maximum Gasteiger partial charge on any atom is 0.251 e. The van der Waals surface area contributed by atoms with Crippen molar-refractivity contribution in [1.29, 1.82) is 0 Å². The zero-order valence-electron chi connectivity index (χ0n) is 17.0. The molecule has 1 aliphatic rings. The second-order valence-corrected chi connectivity index (χ2v) is 6.98. The van der Waals surface area contributed by atoms with Crippen LogP contribution in [0.25, 0.3) is 0 Å². The third-order valence-corrected chi connectivity index (χ3v) is 4.90. The topological polar surface area (TPSA) is 91.0 Å². The van der Waals surface area contributed by atoms with Crippen molar-refractivity contribution in [2.24, 2.45) is 0 Å². The Balaban J connectivity index is 1.38. The third kappa shape index (κ3) is 6.05. The molecule has 0 aromatic heterocycles. The number of benzene rings is 2. The molecule has 1 aliphatic heterocycles. The second kappa shape index (κ2) is 10.4. The molecule has 0 aliphatic carbocycles. The number of nitrogens with one attached hydrogen (secondary N) is 2. The molecule has 3 rings (SSSR count). The number of hydrogen-bond acceptors (Lipinski definition) is 5. The summed E-state index contributed by atoms with van der Waals surface area (Å²) in [5.41, 5.74) is 1.24. The first-order valence-electron chi connectivity index (χ1n) is 9.82. The summed E-state index contributed by atoms with van der Waals surface area (Å²) in [5, 5.41) is 5.52. The van der Waals surface area contributed by atoms with Crippen molar-refractivity contribution >= 4 is 23.4 Å². The standard InChI is InChI=1S/C22H26N4O4/c1-30-19-9-7-17(8-10-19)22(29)23-15-21(28)26-13-11-25(12-14-26)16-20(27)24-18-5-3-2-4-6-18/h2-10H,11-16H2,1H3,(H,23,29)(H,24,27). The van der Waals surface area contributed by atoms with E-state index in [2.05, 4.69) is 10.6 Å².